The summed E-state index contributed by atoms with van der Waals surface area (Å²) in [5.41, 5.74) is 2.15. The van der Waals surface area contributed by atoms with Crippen molar-refractivity contribution in [3.8, 4) is 0 Å². The van der Waals surface area contributed by atoms with E-state index in [4.69, 9.17) is 4.43 Å². The molecular formula is C20H24O2Si. The molecule has 0 fully saturated rings. The van der Waals surface area contributed by atoms with Crippen LogP contribution in [0, 0.1) is 0 Å². The highest BCUT2D eigenvalue weighted by Gasteiger charge is 2.38. The number of carbonyl (C=O) groups excluding carboxylic acids is 1. The minimum Gasteiger partial charge on any atom is -0.398 e. The Morgan fingerprint density at radius 2 is 1.57 bits per heavy atom. The van der Waals surface area contributed by atoms with Crippen LogP contribution < -0.4 is 0 Å². The number of hydrogen-bond donors (Lipinski definition) is 0. The third-order valence-corrected chi connectivity index (χ3v) is 7.47. The van der Waals surface area contributed by atoms with Crippen molar-refractivity contribution in [2.75, 3.05) is 0 Å². The first kappa shape index (κ1) is 17.4. The van der Waals surface area contributed by atoms with E-state index >= 15 is 0 Å². The summed E-state index contributed by atoms with van der Waals surface area (Å²) in [6, 6.07) is 21.0. The smallest absolute Gasteiger partial charge is 0.268 e. The Bertz CT molecular complexity index is 600. The third-order valence-electron chi connectivity index (χ3n) is 4.02. The number of rotatable bonds is 8. The van der Waals surface area contributed by atoms with E-state index in [9.17, 15) is 4.79 Å². The number of benzene rings is 2. The van der Waals surface area contributed by atoms with Crippen LogP contribution in [0.2, 0.25) is 12.6 Å². The lowest BCUT2D eigenvalue weighted by molar-refractivity contribution is -0.110. The van der Waals surface area contributed by atoms with Crippen molar-refractivity contribution in [3.05, 3.63) is 84.4 Å². The van der Waals surface area contributed by atoms with Gasteiger partial charge in [-0.15, -0.1) is 0 Å². The van der Waals surface area contributed by atoms with E-state index in [0.29, 0.717) is 0 Å². The van der Waals surface area contributed by atoms with Gasteiger partial charge in [0.2, 0.25) is 0 Å². The SMILES string of the molecule is C=CC(=O)[Si](C)(CCC)OC(c1ccccc1)c1ccccc1. The molecule has 0 N–H and O–H groups in total. The molecule has 2 rings (SSSR count). The van der Waals surface area contributed by atoms with Crippen molar-refractivity contribution < 1.29 is 9.22 Å². The maximum Gasteiger partial charge on any atom is 0.268 e. The van der Waals surface area contributed by atoms with Gasteiger partial charge in [0.25, 0.3) is 8.32 Å². The first-order chi connectivity index (χ1) is 11.1. The van der Waals surface area contributed by atoms with E-state index in [-0.39, 0.29) is 11.5 Å². The van der Waals surface area contributed by atoms with Crippen molar-refractivity contribution in [1.82, 2.24) is 0 Å². The van der Waals surface area contributed by atoms with Crippen LogP contribution in [-0.2, 0) is 9.22 Å². The van der Waals surface area contributed by atoms with Crippen LogP contribution in [0.15, 0.2) is 73.3 Å². The zero-order valence-corrected chi connectivity index (χ0v) is 14.9. The van der Waals surface area contributed by atoms with Gasteiger partial charge in [0.05, 0.1) is 6.10 Å². The first-order valence-electron chi connectivity index (χ1n) is 8.05. The zero-order chi connectivity index (χ0) is 16.7. The summed E-state index contributed by atoms with van der Waals surface area (Å²) in [5, 5.41) is 0.0659. The molecule has 0 aliphatic carbocycles. The molecule has 0 heterocycles. The highest BCUT2D eigenvalue weighted by atomic mass is 28.4. The van der Waals surface area contributed by atoms with Gasteiger partial charge in [-0.05, 0) is 29.8 Å². The Labute approximate surface area is 139 Å². The largest absolute Gasteiger partial charge is 0.398 e. The summed E-state index contributed by atoms with van der Waals surface area (Å²) >= 11 is 0. The minimum atomic E-state index is -2.54. The summed E-state index contributed by atoms with van der Waals surface area (Å²) < 4.78 is 6.52. The molecule has 0 spiro atoms. The molecule has 0 bridgehead atoms. The van der Waals surface area contributed by atoms with E-state index in [2.05, 4.69) is 37.8 Å². The lowest BCUT2D eigenvalue weighted by Gasteiger charge is -2.31. The monoisotopic (exact) mass is 324 g/mol. The van der Waals surface area contributed by atoms with Gasteiger partial charge in [0.15, 0.2) is 5.41 Å². The molecule has 2 nitrogen and oxygen atoms in total. The summed E-state index contributed by atoms with van der Waals surface area (Å²) in [6.45, 7) is 7.75. The molecule has 2 aromatic rings. The van der Waals surface area contributed by atoms with Gasteiger partial charge in [0.1, 0.15) is 0 Å². The number of carbonyl (C=O) groups is 1. The Morgan fingerprint density at radius 3 is 1.96 bits per heavy atom. The van der Waals surface area contributed by atoms with E-state index in [1.165, 1.54) is 6.08 Å². The van der Waals surface area contributed by atoms with Crippen LogP contribution >= 0.6 is 0 Å². The fraction of sp³-hybridized carbons (Fsp3) is 0.250. The molecule has 1 unspecified atom stereocenters. The quantitative estimate of drug-likeness (QED) is 0.500. The van der Waals surface area contributed by atoms with Gasteiger partial charge in [-0.3, -0.25) is 4.79 Å². The lowest BCUT2D eigenvalue weighted by atomic mass is 10.0. The molecule has 0 amide bonds. The Balaban J connectivity index is 2.42. The van der Waals surface area contributed by atoms with Crippen molar-refractivity contribution >= 4 is 13.7 Å². The molecular weight excluding hydrogens is 300 g/mol. The Morgan fingerprint density at radius 1 is 1.09 bits per heavy atom. The van der Waals surface area contributed by atoms with Crippen LogP contribution in [0.3, 0.4) is 0 Å². The fourth-order valence-electron chi connectivity index (χ4n) is 2.78. The second-order valence-corrected chi connectivity index (χ2v) is 9.56. The molecule has 120 valence electrons. The summed E-state index contributed by atoms with van der Waals surface area (Å²) in [5.74, 6) is 0. The summed E-state index contributed by atoms with van der Waals surface area (Å²) in [4.78, 5) is 12.4. The summed E-state index contributed by atoms with van der Waals surface area (Å²) in [7, 11) is -2.54. The van der Waals surface area contributed by atoms with Gasteiger partial charge in [-0.25, -0.2) is 0 Å². The molecule has 0 saturated carbocycles. The number of allylic oxidation sites excluding steroid dienone is 1. The summed E-state index contributed by atoms with van der Waals surface area (Å²) in [6.07, 6.45) is 2.14. The molecule has 0 aliphatic rings. The van der Waals surface area contributed by atoms with Gasteiger partial charge in [-0.1, -0.05) is 80.6 Å². The van der Waals surface area contributed by atoms with Crippen LogP contribution in [0.1, 0.15) is 30.6 Å². The van der Waals surface area contributed by atoms with Gasteiger partial charge in [0, 0.05) is 0 Å². The Kier molecular flexibility index (Phi) is 6.08. The van der Waals surface area contributed by atoms with Crippen molar-refractivity contribution in [3.63, 3.8) is 0 Å². The number of hydrogen-bond acceptors (Lipinski definition) is 2. The predicted octanol–water partition coefficient (Wildman–Crippen LogP) is 5.07. The molecule has 0 radical (unpaired) electrons. The molecule has 1 atom stereocenters. The normalized spacial score (nSPS) is 13.5. The second kappa shape index (κ2) is 8.04. The van der Waals surface area contributed by atoms with Crippen LogP contribution in [0.25, 0.3) is 0 Å². The second-order valence-electron chi connectivity index (χ2n) is 5.87. The Hall–Kier alpha value is -1.97. The van der Waals surface area contributed by atoms with Gasteiger partial charge in [-0.2, -0.15) is 0 Å². The minimum absolute atomic E-state index is 0.0659. The highest BCUT2D eigenvalue weighted by Crippen LogP contribution is 2.31. The van der Waals surface area contributed by atoms with Crippen molar-refractivity contribution in [2.45, 2.75) is 32.0 Å². The van der Waals surface area contributed by atoms with Crippen LogP contribution in [0.4, 0.5) is 0 Å². The van der Waals surface area contributed by atoms with E-state index < -0.39 is 8.32 Å². The standard InChI is InChI=1S/C20H24O2Si/c1-4-16-23(3,19(21)5-2)22-20(17-12-8-6-9-13-17)18-14-10-7-11-15-18/h5-15,20H,2,4,16H2,1,3H3. The zero-order valence-electron chi connectivity index (χ0n) is 13.9. The topological polar surface area (TPSA) is 26.3 Å². The lowest BCUT2D eigenvalue weighted by Crippen LogP contribution is -2.44. The average molecular weight is 324 g/mol. The van der Waals surface area contributed by atoms with Crippen LogP contribution in [0.5, 0.6) is 0 Å². The van der Waals surface area contributed by atoms with E-state index in [0.717, 1.165) is 23.6 Å². The average Bonchev–Trinajstić information content (AvgIpc) is 2.60. The molecule has 2 aromatic carbocycles. The highest BCUT2D eigenvalue weighted by molar-refractivity contribution is 7.02. The van der Waals surface area contributed by atoms with E-state index in [1.807, 2.05) is 42.9 Å². The van der Waals surface area contributed by atoms with Gasteiger partial charge >= 0.3 is 0 Å². The van der Waals surface area contributed by atoms with Gasteiger partial charge < -0.3 is 4.43 Å². The maximum absolute atomic E-state index is 12.4. The van der Waals surface area contributed by atoms with Crippen LogP contribution in [-0.4, -0.2) is 13.7 Å². The first-order valence-corrected chi connectivity index (χ1v) is 10.7. The molecule has 0 aromatic heterocycles. The molecule has 3 heteroatoms. The van der Waals surface area contributed by atoms with Crippen molar-refractivity contribution in [2.24, 2.45) is 0 Å². The van der Waals surface area contributed by atoms with E-state index in [1.54, 1.807) is 0 Å². The molecule has 0 aliphatic heterocycles. The maximum atomic E-state index is 12.4. The fourth-order valence-corrected chi connectivity index (χ4v) is 5.44. The predicted molar refractivity (Wildman–Crippen MR) is 97.7 cm³/mol. The molecule has 23 heavy (non-hydrogen) atoms. The third kappa shape index (κ3) is 4.27. The molecule has 0 saturated heterocycles. The van der Waals surface area contributed by atoms with Crippen molar-refractivity contribution in [1.29, 1.82) is 0 Å².